The van der Waals surface area contributed by atoms with Crippen LogP contribution < -0.4 is 5.32 Å². The summed E-state index contributed by atoms with van der Waals surface area (Å²) in [5, 5.41) is 3.26. The molecule has 1 N–H and O–H groups in total. The summed E-state index contributed by atoms with van der Waals surface area (Å²) >= 11 is 1.41. The average Bonchev–Trinajstić information content (AvgIpc) is 2.89. The van der Waals surface area contributed by atoms with Gasteiger partial charge in [0.25, 0.3) is 5.91 Å². The van der Waals surface area contributed by atoms with Gasteiger partial charge in [0, 0.05) is 6.20 Å². The number of anilines is 1. The van der Waals surface area contributed by atoms with Crippen molar-refractivity contribution in [3.63, 3.8) is 0 Å². The van der Waals surface area contributed by atoms with E-state index < -0.39 is 0 Å². The van der Waals surface area contributed by atoms with Crippen molar-refractivity contribution < 1.29 is 9.59 Å². The van der Waals surface area contributed by atoms with Crippen LogP contribution in [0.2, 0.25) is 0 Å². The first kappa shape index (κ1) is 12.4. The number of para-hydroxylation sites is 1. The van der Waals surface area contributed by atoms with Crippen LogP contribution in [-0.2, 0) is 0 Å². The minimum atomic E-state index is -0.297. The molecule has 0 aliphatic rings. The van der Waals surface area contributed by atoms with E-state index in [1.807, 2.05) is 24.3 Å². The van der Waals surface area contributed by atoms with Crippen molar-refractivity contribution in [1.29, 1.82) is 0 Å². The molecule has 0 unspecified atom stereocenters. The van der Waals surface area contributed by atoms with Gasteiger partial charge in [-0.05, 0) is 24.3 Å². The molecule has 3 rings (SSSR count). The van der Waals surface area contributed by atoms with Crippen molar-refractivity contribution in [3.05, 3.63) is 53.9 Å². The van der Waals surface area contributed by atoms with Crippen molar-refractivity contribution >= 4 is 38.9 Å². The second-order valence-electron chi connectivity index (χ2n) is 4.03. The molecule has 2 aromatic heterocycles. The molecule has 0 radical (unpaired) electrons. The van der Waals surface area contributed by atoms with Crippen LogP contribution in [0.25, 0.3) is 10.2 Å². The van der Waals surface area contributed by atoms with Gasteiger partial charge in [0.15, 0.2) is 11.4 Å². The van der Waals surface area contributed by atoms with Crippen LogP contribution in [0.1, 0.15) is 20.8 Å². The molecule has 0 aliphatic heterocycles. The number of hydrogen-bond acceptors (Lipinski definition) is 5. The zero-order valence-electron chi connectivity index (χ0n) is 10.2. The smallest absolute Gasteiger partial charge is 0.259 e. The van der Waals surface area contributed by atoms with Gasteiger partial charge in [-0.15, -0.1) is 0 Å². The molecule has 0 saturated carbocycles. The summed E-state index contributed by atoms with van der Waals surface area (Å²) in [5.74, 6) is -0.297. The highest BCUT2D eigenvalue weighted by molar-refractivity contribution is 7.22. The van der Waals surface area contributed by atoms with E-state index in [2.05, 4.69) is 15.3 Å². The van der Waals surface area contributed by atoms with E-state index in [-0.39, 0.29) is 5.91 Å². The van der Waals surface area contributed by atoms with E-state index in [1.165, 1.54) is 23.6 Å². The number of carbonyl (C=O) groups is 2. The quantitative estimate of drug-likeness (QED) is 0.750. The average molecular weight is 283 g/mol. The van der Waals surface area contributed by atoms with E-state index >= 15 is 0 Å². The Bertz CT molecular complexity index is 747. The highest BCUT2D eigenvalue weighted by Crippen LogP contribution is 2.25. The van der Waals surface area contributed by atoms with E-state index in [0.29, 0.717) is 22.7 Å². The molecular weight excluding hydrogens is 274 g/mol. The third-order valence-corrected chi connectivity index (χ3v) is 3.64. The van der Waals surface area contributed by atoms with Gasteiger partial charge in [0.1, 0.15) is 5.69 Å². The second kappa shape index (κ2) is 5.18. The monoisotopic (exact) mass is 283 g/mol. The highest BCUT2D eigenvalue weighted by atomic mass is 32.1. The molecule has 5 nitrogen and oxygen atoms in total. The Morgan fingerprint density at radius 3 is 2.75 bits per heavy atom. The molecule has 0 saturated heterocycles. The molecule has 3 aromatic rings. The first-order chi connectivity index (χ1) is 9.76. The highest BCUT2D eigenvalue weighted by Gasteiger charge is 2.10. The Morgan fingerprint density at radius 2 is 2.05 bits per heavy atom. The number of benzene rings is 1. The zero-order valence-corrected chi connectivity index (χ0v) is 11.1. The van der Waals surface area contributed by atoms with Gasteiger partial charge in [-0.2, -0.15) is 0 Å². The number of carbonyl (C=O) groups excluding carboxylic acids is 2. The maximum atomic E-state index is 12.0. The van der Waals surface area contributed by atoms with E-state index in [1.54, 1.807) is 6.07 Å². The summed E-state index contributed by atoms with van der Waals surface area (Å²) in [6.07, 6.45) is 2.00. The van der Waals surface area contributed by atoms with Gasteiger partial charge in [-0.25, -0.2) is 4.98 Å². The van der Waals surface area contributed by atoms with E-state index in [0.717, 1.165) is 10.2 Å². The minimum absolute atomic E-state index is 0.293. The molecule has 20 heavy (non-hydrogen) atoms. The number of thiazole rings is 1. The van der Waals surface area contributed by atoms with Gasteiger partial charge >= 0.3 is 0 Å². The van der Waals surface area contributed by atoms with Crippen LogP contribution in [0.3, 0.4) is 0 Å². The van der Waals surface area contributed by atoms with Gasteiger partial charge in [0.05, 0.1) is 15.8 Å². The summed E-state index contributed by atoms with van der Waals surface area (Å²) in [6.45, 7) is 0. The lowest BCUT2D eigenvalue weighted by molar-refractivity contribution is 0.102. The Morgan fingerprint density at radius 1 is 1.20 bits per heavy atom. The third kappa shape index (κ3) is 2.41. The van der Waals surface area contributed by atoms with E-state index in [9.17, 15) is 9.59 Å². The van der Waals surface area contributed by atoms with E-state index in [4.69, 9.17) is 0 Å². The first-order valence-corrected chi connectivity index (χ1v) is 6.66. The predicted octanol–water partition coefficient (Wildman–Crippen LogP) is 2.76. The van der Waals surface area contributed by atoms with Crippen LogP contribution in [0.4, 0.5) is 5.13 Å². The summed E-state index contributed by atoms with van der Waals surface area (Å²) < 4.78 is 1.01. The molecule has 6 heteroatoms. The lowest BCUT2D eigenvalue weighted by Gasteiger charge is -2.00. The SMILES string of the molecule is O=Cc1ccc(C(=O)Nc2nc3ccccc3s2)cn1. The fourth-order valence-corrected chi connectivity index (χ4v) is 2.57. The van der Waals surface area contributed by atoms with Crippen molar-refractivity contribution in [1.82, 2.24) is 9.97 Å². The second-order valence-corrected chi connectivity index (χ2v) is 5.06. The summed E-state index contributed by atoms with van der Waals surface area (Å²) in [4.78, 5) is 30.7. The molecule has 0 spiro atoms. The number of amides is 1. The first-order valence-electron chi connectivity index (χ1n) is 5.84. The number of pyridine rings is 1. The third-order valence-electron chi connectivity index (χ3n) is 2.68. The predicted molar refractivity (Wildman–Crippen MR) is 77.2 cm³/mol. The maximum absolute atomic E-state index is 12.0. The number of aromatic nitrogens is 2. The number of nitrogens with one attached hydrogen (secondary N) is 1. The lowest BCUT2D eigenvalue weighted by Crippen LogP contribution is -2.12. The molecule has 0 bridgehead atoms. The fraction of sp³-hybridized carbons (Fsp3) is 0. The molecule has 1 amide bonds. The Balaban J connectivity index is 1.82. The van der Waals surface area contributed by atoms with Crippen LogP contribution in [0.15, 0.2) is 42.6 Å². The van der Waals surface area contributed by atoms with Gasteiger partial charge < -0.3 is 0 Å². The largest absolute Gasteiger partial charge is 0.298 e. The minimum Gasteiger partial charge on any atom is -0.298 e. The molecule has 0 atom stereocenters. The number of nitrogens with zero attached hydrogens (tertiary/aromatic N) is 2. The Hall–Kier alpha value is -2.60. The molecule has 0 aliphatic carbocycles. The number of rotatable bonds is 3. The lowest BCUT2D eigenvalue weighted by atomic mass is 10.2. The van der Waals surface area contributed by atoms with Crippen LogP contribution >= 0.6 is 11.3 Å². The van der Waals surface area contributed by atoms with Crippen molar-refractivity contribution in [2.24, 2.45) is 0 Å². The van der Waals surface area contributed by atoms with Gasteiger partial charge in [0.2, 0.25) is 0 Å². The molecule has 0 fully saturated rings. The molecule has 1 aromatic carbocycles. The molecular formula is C14H9N3O2S. The summed E-state index contributed by atoms with van der Waals surface area (Å²) in [6, 6.07) is 10.7. The Kier molecular flexibility index (Phi) is 3.22. The zero-order chi connectivity index (χ0) is 13.9. The van der Waals surface area contributed by atoms with Crippen molar-refractivity contribution in [2.75, 3.05) is 5.32 Å². The number of hydrogen-bond donors (Lipinski definition) is 1. The standard InChI is InChI=1S/C14H9N3O2S/c18-8-10-6-5-9(7-15-10)13(19)17-14-16-11-3-1-2-4-12(11)20-14/h1-8H,(H,16,17,19). The van der Waals surface area contributed by atoms with Gasteiger partial charge in [-0.1, -0.05) is 23.5 Å². The van der Waals surface area contributed by atoms with Crippen molar-refractivity contribution in [3.8, 4) is 0 Å². The van der Waals surface area contributed by atoms with Crippen molar-refractivity contribution in [2.45, 2.75) is 0 Å². The number of fused-ring (bicyclic) bond motifs is 1. The van der Waals surface area contributed by atoms with Crippen LogP contribution in [0.5, 0.6) is 0 Å². The molecule has 98 valence electrons. The topological polar surface area (TPSA) is 72.0 Å². The fourth-order valence-electron chi connectivity index (χ4n) is 1.70. The Labute approximate surface area is 118 Å². The van der Waals surface area contributed by atoms with Crippen LogP contribution in [-0.4, -0.2) is 22.2 Å². The summed E-state index contributed by atoms with van der Waals surface area (Å²) in [5.41, 5.74) is 1.53. The maximum Gasteiger partial charge on any atom is 0.259 e. The molecule has 2 heterocycles. The normalized spacial score (nSPS) is 10.4. The number of aldehydes is 1. The van der Waals surface area contributed by atoms with Crippen LogP contribution in [0, 0.1) is 0 Å². The van der Waals surface area contributed by atoms with Gasteiger partial charge in [-0.3, -0.25) is 19.9 Å². The summed E-state index contributed by atoms with van der Waals surface area (Å²) in [7, 11) is 0.